The van der Waals surface area contributed by atoms with Crippen LogP contribution in [0.25, 0.3) is 0 Å². The summed E-state index contributed by atoms with van der Waals surface area (Å²) in [5.74, 6) is 0. The molecular formula is C19H25N. The summed E-state index contributed by atoms with van der Waals surface area (Å²) >= 11 is 0. The third kappa shape index (κ3) is 4.50. The number of nitrogens with one attached hydrogen (secondary N) is 1. The largest absolute Gasteiger partial charge is 0.308 e. The first-order chi connectivity index (χ1) is 9.65. The van der Waals surface area contributed by atoms with Crippen molar-refractivity contribution in [1.29, 1.82) is 0 Å². The molecule has 1 nitrogen and oxygen atoms in total. The Kier molecular flexibility index (Phi) is 5.37. The molecule has 0 spiro atoms. The fraction of sp³-hybridized carbons (Fsp3) is 0.368. The summed E-state index contributed by atoms with van der Waals surface area (Å²) in [5.41, 5.74) is 4.12. The maximum absolute atomic E-state index is 3.69. The van der Waals surface area contributed by atoms with Crippen molar-refractivity contribution in [3.63, 3.8) is 0 Å². The second-order valence-corrected chi connectivity index (χ2v) is 5.73. The van der Waals surface area contributed by atoms with Gasteiger partial charge in [-0.2, -0.15) is 0 Å². The molecule has 0 radical (unpaired) electrons. The summed E-state index contributed by atoms with van der Waals surface area (Å²) in [5, 5.41) is 3.69. The van der Waals surface area contributed by atoms with Gasteiger partial charge in [0.05, 0.1) is 0 Å². The molecule has 2 aromatic rings. The van der Waals surface area contributed by atoms with Crippen LogP contribution in [0.2, 0.25) is 0 Å². The number of hydrogen-bond donors (Lipinski definition) is 1. The first kappa shape index (κ1) is 14.8. The maximum atomic E-state index is 3.69. The van der Waals surface area contributed by atoms with E-state index in [0.717, 1.165) is 6.42 Å². The van der Waals surface area contributed by atoms with E-state index in [1.807, 2.05) is 0 Å². The molecule has 2 aromatic carbocycles. The van der Waals surface area contributed by atoms with Gasteiger partial charge in [0, 0.05) is 12.1 Å². The minimum absolute atomic E-state index is 0.403. The lowest BCUT2D eigenvalue weighted by atomic mass is 10.0. The van der Waals surface area contributed by atoms with E-state index in [-0.39, 0.29) is 0 Å². The Bertz CT molecular complexity index is 518. The van der Waals surface area contributed by atoms with Crippen LogP contribution in [-0.4, -0.2) is 6.04 Å². The van der Waals surface area contributed by atoms with Crippen LogP contribution in [0.1, 0.15) is 43.0 Å². The number of aryl methyl sites for hydroxylation is 2. The number of rotatable bonds is 6. The average molecular weight is 267 g/mol. The van der Waals surface area contributed by atoms with E-state index >= 15 is 0 Å². The smallest absolute Gasteiger partial charge is 0.0294 e. The molecule has 0 bridgehead atoms. The second-order valence-electron chi connectivity index (χ2n) is 5.73. The Hall–Kier alpha value is -1.60. The monoisotopic (exact) mass is 267 g/mol. The number of hydrogen-bond acceptors (Lipinski definition) is 1. The quantitative estimate of drug-likeness (QED) is 0.802. The van der Waals surface area contributed by atoms with Crippen LogP contribution in [0.5, 0.6) is 0 Å². The molecule has 0 heterocycles. The molecule has 2 rings (SSSR count). The van der Waals surface area contributed by atoms with Crippen molar-refractivity contribution in [2.75, 3.05) is 0 Å². The highest BCUT2D eigenvalue weighted by Crippen LogP contribution is 2.15. The van der Waals surface area contributed by atoms with Crippen molar-refractivity contribution in [3.05, 3.63) is 71.3 Å². The predicted octanol–water partition coefficient (Wildman–Crippen LogP) is 4.67. The third-order valence-corrected chi connectivity index (χ3v) is 3.79. The van der Waals surface area contributed by atoms with Crippen LogP contribution in [0.4, 0.5) is 0 Å². The fourth-order valence-electron chi connectivity index (χ4n) is 2.57. The molecule has 0 aliphatic carbocycles. The standard InChI is InChI=1S/C19H25N/c1-15-8-7-11-19(14-15)17(3)20-16(2)12-13-18-9-5-4-6-10-18/h4-11,14,16-17,20H,12-13H2,1-3H3/t16?,17-/m0/s1. The first-order valence-electron chi connectivity index (χ1n) is 7.51. The fourth-order valence-corrected chi connectivity index (χ4v) is 2.57. The molecule has 1 heteroatoms. The van der Waals surface area contributed by atoms with Gasteiger partial charge in [0.25, 0.3) is 0 Å². The second kappa shape index (κ2) is 7.25. The molecule has 0 fully saturated rings. The SMILES string of the molecule is Cc1cccc([C@H](C)NC(C)CCc2ccccc2)c1. The lowest BCUT2D eigenvalue weighted by molar-refractivity contribution is 0.456. The summed E-state index contributed by atoms with van der Waals surface area (Å²) < 4.78 is 0. The van der Waals surface area contributed by atoms with E-state index in [9.17, 15) is 0 Å². The highest BCUT2D eigenvalue weighted by atomic mass is 14.9. The zero-order valence-corrected chi connectivity index (χ0v) is 12.8. The van der Waals surface area contributed by atoms with E-state index in [0.29, 0.717) is 12.1 Å². The van der Waals surface area contributed by atoms with E-state index < -0.39 is 0 Å². The third-order valence-electron chi connectivity index (χ3n) is 3.79. The van der Waals surface area contributed by atoms with Gasteiger partial charge in [-0.3, -0.25) is 0 Å². The minimum Gasteiger partial charge on any atom is -0.308 e. The lowest BCUT2D eigenvalue weighted by Crippen LogP contribution is -2.29. The van der Waals surface area contributed by atoms with Crippen LogP contribution in [0.15, 0.2) is 54.6 Å². The van der Waals surface area contributed by atoms with Crippen molar-refractivity contribution < 1.29 is 0 Å². The predicted molar refractivity (Wildman–Crippen MR) is 87.0 cm³/mol. The molecule has 20 heavy (non-hydrogen) atoms. The van der Waals surface area contributed by atoms with Gasteiger partial charge in [0.15, 0.2) is 0 Å². The van der Waals surface area contributed by atoms with Crippen molar-refractivity contribution in [3.8, 4) is 0 Å². The molecule has 106 valence electrons. The van der Waals surface area contributed by atoms with Gasteiger partial charge in [-0.25, -0.2) is 0 Å². The Morgan fingerprint density at radius 3 is 2.40 bits per heavy atom. The van der Waals surface area contributed by atoms with Gasteiger partial charge >= 0.3 is 0 Å². The Labute approximate surface area is 123 Å². The minimum atomic E-state index is 0.403. The van der Waals surface area contributed by atoms with Crippen LogP contribution < -0.4 is 5.32 Å². The van der Waals surface area contributed by atoms with E-state index in [1.165, 1.54) is 23.1 Å². The van der Waals surface area contributed by atoms with Crippen LogP contribution >= 0.6 is 0 Å². The summed E-state index contributed by atoms with van der Waals surface area (Å²) in [4.78, 5) is 0. The van der Waals surface area contributed by atoms with Crippen molar-refractivity contribution in [1.82, 2.24) is 5.32 Å². The molecule has 2 atom stereocenters. The highest BCUT2D eigenvalue weighted by molar-refractivity contribution is 5.24. The summed E-state index contributed by atoms with van der Waals surface area (Å²) in [6, 6.07) is 20.4. The average Bonchev–Trinajstić information content (AvgIpc) is 2.46. The maximum Gasteiger partial charge on any atom is 0.0294 e. The topological polar surface area (TPSA) is 12.0 Å². The van der Waals surface area contributed by atoms with Gasteiger partial charge in [-0.1, -0.05) is 60.2 Å². The Morgan fingerprint density at radius 2 is 1.70 bits per heavy atom. The molecule has 1 N–H and O–H groups in total. The Morgan fingerprint density at radius 1 is 0.950 bits per heavy atom. The zero-order valence-electron chi connectivity index (χ0n) is 12.8. The van der Waals surface area contributed by atoms with Gasteiger partial charge in [-0.15, -0.1) is 0 Å². The van der Waals surface area contributed by atoms with Gasteiger partial charge in [-0.05, 0) is 44.7 Å². The highest BCUT2D eigenvalue weighted by Gasteiger charge is 2.09. The normalized spacial score (nSPS) is 13.9. The van der Waals surface area contributed by atoms with Crippen molar-refractivity contribution >= 4 is 0 Å². The first-order valence-corrected chi connectivity index (χ1v) is 7.51. The zero-order chi connectivity index (χ0) is 14.4. The van der Waals surface area contributed by atoms with Crippen molar-refractivity contribution in [2.45, 2.75) is 45.7 Å². The van der Waals surface area contributed by atoms with Gasteiger partial charge < -0.3 is 5.32 Å². The van der Waals surface area contributed by atoms with Crippen molar-refractivity contribution in [2.24, 2.45) is 0 Å². The number of benzene rings is 2. The molecule has 0 aromatic heterocycles. The van der Waals surface area contributed by atoms with E-state index in [4.69, 9.17) is 0 Å². The summed E-state index contributed by atoms with van der Waals surface area (Å²) in [6.45, 7) is 6.66. The summed E-state index contributed by atoms with van der Waals surface area (Å²) in [6.07, 6.45) is 2.30. The van der Waals surface area contributed by atoms with Gasteiger partial charge in [0.2, 0.25) is 0 Å². The lowest BCUT2D eigenvalue weighted by Gasteiger charge is -2.20. The molecule has 1 unspecified atom stereocenters. The van der Waals surface area contributed by atoms with Crippen LogP contribution in [-0.2, 0) is 6.42 Å². The molecular weight excluding hydrogens is 242 g/mol. The van der Waals surface area contributed by atoms with E-state index in [1.54, 1.807) is 0 Å². The Balaban J connectivity index is 1.83. The molecule has 0 aliphatic heterocycles. The van der Waals surface area contributed by atoms with E-state index in [2.05, 4.69) is 80.7 Å². The molecule has 0 saturated heterocycles. The molecule has 0 amide bonds. The van der Waals surface area contributed by atoms with Crippen LogP contribution in [0.3, 0.4) is 0 Å². The van der Waals surface area contributed by atoms with Crippen LogP contribution in [0, 0.1) is 6.92 Å². The molecule has 0 saturated carbocycles. The van der Waals surface area contributed by atoms with Gasteiger partial charge in [0.1, 0.15) is 0 Å². The summed E-state index contributed by atoms with van der Waals surface area (Å²) in [7, 11) is 0. The molecule has 0 aliphatic rings.